The van der Waals surface area contributed by atoms with Crippen LogP contribution in [0.5, 0.6) is 0 Å². The summed E-state index contributed by atoms with van der Waals surface area (Å²) in [6, 6.07) is 0.527. The highest BCUT2D eigenvalue weighted by atomic mass is 32.2. The largest absolute Gasteiger partial charge is 0.303 e. The minimum atomic E-state index is -2.85. The fourth-order valence-corrected chi connectivity index (χ4v) is 4.42. The van der Waals surface area contributed by atoms with E-state index in [0.29, 0.717) is 30.0 Å². The van der Waals surface area contributed by atoms with Crippen molar-refractivity contribution >= 4 is 9.84 Å². The van der Waals surface area contributed by atoms with Crippen molar-refractivity contribution in [1.82, 2.24) is 9.80 Å². The van der Waals surface area contributed by atoms with Crippen molar-refractivity contribution in [2.45, 2.75) is 39.7 Å². The van der Waals surface area contributed by atoms with Crippen molar-refractivity contribution in [2.75, 3.05) is 44.7 Å². The van der Waals surface area contributed by atoms with E-state index in [-0.39, 0.29) is 0 Å². The molecule has 0 aliphatic carbocycles. The first-order chi connectivity index (χ1) is 8.89. The molecule has 0 N–H and O–H groups in total. The molecule has 19 heavy (non-hydrogen) atoms. The average Bonchev–Trinajstić information content (AvgIpc) is 2.36. The molecular formula is C14H30N2O2S. The van der Waals surface area contributed by atoms with Gasteiger partial charge in [-0.2, -0.15) is 0 Å². The standard InChI is InChI=1S/C14H30N2O2S/c1-5-10-19(17,18)11-9-15(4)14-7-8-16(6-2)12-13(14)3/h13-14H,5-12H2,1-4H3/t13-,14+/m1/s1. The van der Waals surface area contributed by atoms with Crippen LogP contribution in [-0.4, -0.2) is 69.0 Å². The Kier molecular flexibility index (Phi) is 6.77. The van der Waals surface area contributed by atoms with Crippen LogP contribution in [0, 0.1) is 5.92 Å². The fraction of sp³-hybridized carbons (Fsp3) is 1.00. The van der Waals surface area contributed by atoms with E-state index < -0.39 is 9.84 Å². The van der Waals surface area contributed by atoms with Gasteiger partial charge < -0.3 is 9.80 Å². The summed E-state index contributed by atoms with van der Waals surface area (Å²) in [5, 5.41) is 0. The average molecular weight is 290 g/mol. The van der Waals surface area contributed by atoms with E-state index in [1.54, 1.807) is 0 Å². The van der Waals surface area contributed by atoms with Crippen molar-refractivity contribution in [3.05, 3.63) is 0 Å². The van der Waals surface area contributed by atoms with E-state index in [9.17, 15) is 8.42 Å². The maximum Gasteiger partial charge on any atom is 0.151 e. The highest BCUT2D eigenvalue weighted by molar-refractivity contribution is 7.91. The van der Waals surface area contributed by atoms with Crippen molar-refractivity contribution in [2.24, 2.45) is 5.92 Å². The lowest BCUT2D eigenvalue weighted by atomic mass is 9.93. The minimum Gasteiger partial charge on any atom is -0.303 e. The smallest absolute Gasteiger partial charge is 0.151 e. The van der Waals surface area contributed by atoms with Crippen LogP contribution in [0.2, 0.25) is 0 Å². The van der Waals surface area contributed by atoms with Crippen LogP contribution >= 0.6 is 0 Å². The molecule has 4 nitrogen and oxygen atoms in total. The van der Waals surface area contributed by atoms with Gasteiger partial charge in [-0.15, -0.1) is 0 Å². The predicted octanol–water partition coefficient (Wildman–Crippen LogP) is 1.47. The van der Waals surface area contributed by atoms with Crippen molar-refractivity contribution in [3.8, 4) is 0 Å². The molecule has 0 aromatic heterocycles. The first kappa shape index (κ1) is 16.9. The molecule has 1 aliphatic heterocycles. The molecule has 0 spiro atoms. The normalized spacial score (nSPS) is 25.9. The molecule has 2 atom stereocenters. The summed E-state index contributed by atoms with van der Waals surface area (Å²) >= 11 is 0. The van der Waals surface area contributed by atoms with E-state index in [1.165, 1.54) is 0 Å². The maximum absolute atomic E-state index is 11.8. The summed E-state index contributed by atoms with van der Waals surface area (Å²) in [5.74, 6) is 1.25. The Morgan fingerprint density at radius 1 is 1.26 bits per heavy atom. The summed E-state index contributed by atoms with van der Waals surface area (Å²) in [7, 11) is -0.777. The molecular weight excluding hydrogens is 260 g/mol. The van der Waals surface area contributed by atoms with E-state index in [2.05, 4.69) is 30.7 Å². The van der Waals surface area contributed by atoms with Gasteiger partial charge in [-0.3, -0.25) is 0 Å². The lowest BCUT2D eigenvalue weighted by Gasteiger charge is -2.41. The second-order valence-electron chi connectivity index (χ2n) is 5.86. The van der Waals surface area contributed by atoms with Crippen molar-refractivity contribution in [1.29, 1.82) is 0 Å². The first-order valence-electron chi connectivity index (χ1n) is 7.52. The fourth-order valence-electron chi connectivity index (χ4n) is 3.02. The number of hydrogen-bond donors (Lipinski definition) is 0. The second kappa shape index (κ2) is 7.60. The van der Waals surface area contributed by atoms with E-state index in [0.717, 1.165) is 32.5 Å². The summed E-state index contributed by atoms with van der Waals surface area (Å²) in [5.41, 5.74) is 0. The number of likely N-dealkylation sites (tertiary alicyclic amines) is 1. The zero-order valence-corrected chi connectivity index (χ0v) is 13.7. The van der Waals surface area contributed by atoms with E-state index >= 15 is 0 Å². The Balaban J connectivity index is 2.44. The topological polar surface area (TPSA) is 40.6 Å². The van der Waals surface area contributed by atoms with Gasteiger partial charge in [-0.05, 0) is 38.9 Å². The van der Waals surface area contributed by atoms with Gasteiger partial charge in [0.2, 0.25) is 0 Å². The van der Waals surface area contributed by atoms with Crippen LogP contribution in [0.25, 0.3) is 0 Å². The molecule has 0 aromatic carbocycles. The van der Waals surface area contributed by atoms with Gasteiger partial charge in [-0.25, -0.2) is 8.42 Å². The number of nitrogens with zero attached hydrogens (tertiary/aromatic N) is 2. The van der Waals surface area contributed by atoms with E-state index in [1.807, 2.05) is 6.92 Å². The summed E-state index contributed by atoms with van der Waals surface area (Å²) < 4.78 is 23.5. The molecule has 1 fully saturated rings. The minimum absolute atomic E-state index is 0.304. The zero-order valence-electron chi connectivity index (χ0n) is 12.9. The molecule has 1 aliphatic rings. The quantitative estimate of drug-likeness (QED) is 0.712. The Labute approximate surface area is 119 Å². The lowest BCUT2D eigenvalue weighted by molar-refractivity contribution is 0.0866. The molecule has 0 unspecified atom stereocenters. The monoisotopic (exact) mass is 290 g/mol. The third-order valence-electron chi connectivity index (χ3n) is 4.23. The molecule has 0 aromatic rings. The Morgan fingerprint density at radius 2 is 1.95 bits per heavy atom. The Bertz CT molecular complexity index is 356. The molecule has 114 valence electrons. The number of rotatable bonds is 7. The molecule has 5 heteroatoms. The number of sulfone groups is 1. The third kappa shape index (κ3) is 5.40. The first-order valence-corrected chi connectivity index (χ1v) is 9.34. The zero-order chi connectivity index (χ0) is 14.5. The molecule has 0 amide bonds. The van der Waals surface area contributed by atoms with Crippen molar-refractivity contribution in [3.63, 3.8) is 0 Å². The Hall–Kier alpha value is -0.130. The maximum atomic E-state index is 11.8. The molecule has 0 radical (unpaired) electrons. The van der Waals surface area contributed by atoms with Gasteiger partial charge in [0.1, 0.15) is 0 Å². The molecule has 1 heterocycles. The molecule has 1 saturated heterocycles. The summed E-state index contributed by atoms with van der Waals surface area (Å²) in [6.07, 6.45) is 1.87. The molecule has 0 saturated carbocycles. The van der Waals surface area contributed by atoms with Gasteiger partial charge in [0, 0.05) is 24.9 Å². The third-order valence-corrected chi connectivity index (χ3v) is 6.06. The van der Waals surface area contributed by atoms with Crippen LogP contribution in [0.15, 0.2) is 0 Å². The summed E-state index contributed by atoms with van der Waals surface area (Å²) in [4.78, 5) is 4.73. The molecule has 1 rings (SSSR count). The van der Waals surface area contributed by atoms with Gasteiger partial charge in [-0.1, -0.05) is 20.8 Å². The van der Waals surface area contributed by atoms with E-state index in [4.69, 9.17) is 0 Å². The van der Waals surface area contributed by atoms with Crippen LogP contribution in [0.4, 0.5) is 0 Å². The highest BCUT2D eigenvalue weighted by Gasteiger charge is 2.28. The van der Waals surface area contributed by atoms with Crippen LogP contribution in [0.3, 0.4) is 0 Å². The lowest BCUT2D eigenvalue weighted by Crippen LogP contribution is -2.49. The predicted molar refractivity (Wildman–Crippen MR) is 81.3 cm³/mol. The van der Waals surface area contributed by atoms with Crippen LogP contribution in [-0.2, 0) is 9.84 Å². The SMILES string of the molecule is CCCS(=O)(=O)CCN(C)[C@H]1CCN(CC)C[C@H]1C. The van der Waals surface area contributed by atoms with Gasteiger partial charge in [0.25, 0.3) is 0 Å². The highest BCUT2D eigenvalue weighted by Crippen LogP contribution is 2.20. The van der Waals surface area contributed by atoms with Gasteiger partial charge in [0.05, 0.1) is 5.75 Å². The Morgan fingerprint density at radius 3 is 2.47 bits per heavy atom. The number of hydrogen-bond acceptors (Lipinski definition) is 4. The van der Waals surface area contributed by atoms with Crippen LogP contribution < -0.4 is 0 Å². The van der Waals surface area contributed by atoms with Gasteiger partial charge >= 0.3 is 0 Å². The van der Waals surface area contributed by atoms with Gasteiger partial charge in [0.15, 0.2) is 9.84 Å². The van der Waals surface area contributed by atoms with Crippen LogP contribution in [0.1, 0.15) is 33.6 Å². The second-order valence-corrected chi connectivity index (χ2v) is 8.16. The van der Waals surface area contributed by atoms with Crippen molar-refractivity contribution < 1.29 is 8.42 Å². The number of piperidine rings is 1. The molecule has 0 bridgehead atoms. The summed E-state index contributed by atoms with van der Waals surface area (Å²) in [6.45, 7) is 10.5.